The van der Waals surface area contributed by atoms with E-state index in [4.69, 9.17) is 4.74 Å². The molecule has 550 valence electrons. The molecule has 2 bridgehead atoms. The van der Waals surface area contributed by atoms with Gasteiger partial charge in [-0.05, 0) is 215 Å². The monoisotopic (exact) mass is 1430 g/mol. The Kier molecular flexibility index (Phi) is 23.9. The number of amides is 2. The Morgan fingerprint density at radius 2 is 1.14 bits per heavy atom. The lowest BCUT2D eigenvalue weighted by molar-refractivity contribution is 0.0837. The zero-order valence-electron chi connectivity index (χ0n) is 59.6. The smallest absolute Gasteiger partial charge is 0.412 e. The standard InChI is InChI=1S/C43H48N4O6.C41H45N7O5/c48-39-17-15-35(36-16-18-41(50)45-42(36)39)40(49)27-44-22-19-29-9-12-33(13-10-29)53-25-5-4-6-30-11-14-34(31-7-2-1-3-8-31)37(26-30)47(43(51)52)38-28-46-23-20-32(38)21-24-46;1-42-29-11-13-30(14-12-29)48(41(52)53)36-23-26(9-15-31(36)28-7-3-2-4-8-28)6-5-21-47-35-18-10-27(22-34(35)45-46-47)24-43-25-38(50)32-16-19-37(49)40-33(32)17-20-39(51)44-40/h1-3,7-18,26,32,38,40,44,48-49H,4-6,19-25,27-28H2,(H,45,50)(H,51,52);2-4,7-10,15-20,22-23,29-30,38,42-43,49-50H,5-6,11-14,21,24-25H2,1H3,(H,44,51)(H,52,53)/t38-,40-;29?,30?,38-/m00/s1. The number of ether oxygens (including phenoxy) is 1. The SMILES string of the molecule is CNC1CCC(N(C(=O)O)c2cc(CCCn3nnc4cc(CNC[C@H](O)c5ccc(O)c6[nH]c(=O)ccc56)ccc43)ccc2-c2ccccc2)CC1.O=C(O)N(c1cc(CCCCOc2ccc(CCNC[C@H](O)c3ccc(O)c4[nH]c(=O)ccc34)cc2)ccc1-c1ccccc1)[C@H]1CN2CCC1CC2. The Balaban J connectivity index is 0.000000188. The van der Waals surface area contributed by atoms with Gasteiger partial charge in [-0.3, -0.25) is 19.4 Å². The van der Waals surface area contributed by atoms with E-state index in [0.29, 0.717) is 77.7 Å². The molecule has 3 aromatic heterocycles. The first kappa shape index (κ1) is 73.6. The molecule has 8 aromatic carbocycles. The van der Waals surface area contributed by atoms with Gasteiger partial charge in [0.2, 0.25) is 11.1 Å². The molecule has 22 nitrogen and oxygen atoms in total. The number of hydrogen-bond donors (Lipinski definition) is 11. The average Bonchev–Trinajstić information content (AvgIpc) is 0.910. The molecule has 4 fully saturated rings. The summed E-state index contributed by atoms with van der Waals surface area (Å²) >= 11 is 0. The number of nitrogens with zero attached hydrogens (tertiary/aromatic N) is 6. The molecular weight excluding hydrogens is 1340 g/mol. The summed E-state index contributed by atoms with van der Waals surface area (Å²) in [5.74, 6) is 1.13. The van der Waals surface area contributed by atoms with E-state index in [-0.39, 0.29) is 41.2 Å². The number of rotatable bonds is 28. The molecule has 2 amide bonds. The van der Waals surface area contributed by atoms with E-state index >= 15 is 0 Å². The molecule has 3 saturated heterocycles. The van der Waals surface area contributed by atoms with Gasteiger partial charge in [-0.15, -0.1) is 5.10 Å². The molecule has 15 rings (SSSR count). The van der Waals surface area contributed by atoms with E-state index in [1.165, 1.54) is 24.3 Å². The van der Waals surface area contributed by atoms with Gasteiger partial charge in [0.1, 0.15) is 22.8 Å². The summed E-state index contributed by atoms with van der Waals surface area (Å²) in [5, 5.41) is 83.0. The van der Waals surface area contributed by atoms with E-state index in [1.807, 2.05) is 90.6 Å². The van der Waals surface area contributed by atoms with Crippen molar-refractivity contribution in [1.29, 1.82) is 0 Å². The number of anilines is 2. The van der Waals surface area contributed by atoms with Crippen molar-refractivity contribution in [2.45, 2.75) is 120 Å². The first-order valence-corrected chi connectivity index (χ1v) is 36.9. The van der Waals surface area contributed by atoms with E-state index < -0.39 is 24.4 Å². The largest absolute Gasteiger partial charge is 0.506 e. The van der Waals surface area contributed by atoms with Gasteiger partial charge < -0.3 is 66.2 Å². The molecule has 11 aromatic rings. The van der Waals surface area contributed by atoms with Crippen LogP contribution < -0.4 is 41.6 Å². The van der Waals surface area contributed by atoms with E-state index in [9.17, 15) is 49.8 Å². The average molecular weight is 1430 g/mol. The van der Waals surface area contributed by atoms with E-state index in [1.54, 1.807) is 34.1 Å². The number of aryl methyl sites for hydroxylation is 3. The van der Waals surface area contributed by atoms with E-state index in [2.05, 4.69) is 102 Å². The number of aromatic nitrogens is 5. The lowest BCUT2D eigenvalue weighted by Crippen LogP contribution is -2.59. The molecule has 11 N–H and O–H groups in total. The summed E-state index contributed by atoms with van der Waals surface area (Å²) in [6, 6.07) is 59.3. The third-order valence-corrected chi connectivity index (χ3v) is 21.2. The number of aromatic amines is 2. The van der Waals surface area contributed by atoms with Crippen LogP contribution in [-0.2, 0) is 32.4 Å². The summed E-state index contributed by atoms with van der Waals surface area (Å²) in [7, 11) is 1.97. The number of aliphatic hydroxyl groups is 2. The quantitative estimate of drug-likeness (QED) is 0.0203. The van der Waals surface area contributed by atoms with Crippen LogP contribution in [0.2, 0.25) is 0 Å². The third-order valence-electron chi connectivity index (χ3n) is 21.2. The van der Waals surface area contributed by atoms with Crippen LogP contribution in [0.25, 0.3) is 55.1 Å². The van der Waals surface area contributed by atoms with Crippen molar-refractivity contribution >= 4 is 56.4 Å². The first-order valence-electron chi connectivity index (χ1n) is 36.9. The number of hydrogen-bond acceptors (Lipinski definition) is 15. The predicted molar refractivity (Wildman–Crippen MR) is 414 cm³/mol. The van der Waals surface area contributed by atoms with Crippen molar-refractivity contribution in [2.24, 2.45) is 5.92 Å². The second-order valence-corrected chi connectivity index (χ2v) is 28.1. The molecule has 4 aliphatic rings. The minimum atomic E-state index is -0.920. The van der Waals surface area contributed by atoms with Gasteiger partial charge in [0, 0.05) is 78.8 Å². The van der Waals surface area contributed by atoms with Crippen molar-refractivity contribution in [3.8, 4) is 39.5 Å². The summed E-state index contributed by atoms with van der Waals surface area (Å²) in [6.07, 6.45) is 7.12. The number of unbranched alkanes of at least 4 members (excludes halogenated alkanes) is 1. The van der Waals surface area contributed by atoms with Gasteiger partial charge in [0.15, 0.2) is 0 Å². The highest BCUT2D eigenvalue weighted by molar-refractivity contribution is 5.95. The summed E-state index contributed by atoms with van der Waals surface area (Å²) < 4.78 is 7.96. The maximum Gasteiger partial charge on any atom is 0.412 e. The van der Waals surface area contributed by atoms with Crippen molar-refractivity contribution in [1.82, 2.24) is 45.8 Å². The van der Waals surface area contributed by atoms with Gasteiger partial charge >= 0.3 is 12.2 Å². The fourth-order valence-corrected chi connectivity index (χ4v) is 15.6. The van der Waals surface area contributed by atoms with Crippen LogP contribution in [0.5, 0.6) is 17.2 Å². The van der Waals surface area contributed by atoms with Crippen molar-refractivity contribution < 1.29 is 45.0 Å². The fraction of sp³-hybridized carbons (Fsp3) is 0.333. The highest BCUT2D eigenvalue weighted by atomic mass is 16.5. The van der Waals surface area contributed by atoms with E-state index in [0.717, 1.165) is 169 Å². The Bertz CT molecular complexity index is 4940. The Hall–Kier alpha value is -10.7. The first-order chi connectivity index (χ1) is 51.6. The van der Waals surface area contributed by atoms with Gasteiger partial charge in [-0.2, -0.15) is 0 Å². The van der Waals surface area contributed by atoms with Crippen LogP contribution in [0.3, 0.4) is 0 Å². The number of piperidine rings is 3. The van der Waals surface area contributed by atoms with Crippen molar-refractivity contribution in [3.05, 3.63) is 242 Å². The lowest BCUT2D eigenvalue weighted by atomic mass is 9.82. The number of carbonyl (C=O) groups is 2. The minimum Gasteiger partial charge on any atom is -0.506 e. The maximum absolute atomic E-state index is 12.9. The van der Waals surface area contributed by atoms with Gasteiger partial charge in [0.25, 0.3) is 0 Å². The molecule has 0 unspecified atom stereocenters. The highest BCUT2D eigenvalue weighted by Crippen LogP contribution is 2.41. The molecule has 106 heavy (non-hydrogen) atoms. The molecule has 1 saturated carbocycles. The molecule has 3 aliphatic heterocycles. The Labute approximate surface area is 615 Å². The number of aromatic hydroxyl groups is 2. The van der Waals surface area contributed by atoms with Crippen molar-refractivity contribution in [2.75, 3.05) is 62.7 Å². The van der Waals surface area contributed by atoms with Crippen LogP contribution in [0.4, 0.5) is 21.0 Å². The summed E-state index contributed by atoms with van der Waals surface area (Å²) in [4.78, 5) is 60.1. The van der Waals surface area contributed by atoms with Crippen LogP contribution in [0.1, 0.15) is 103 Å². The number of aliphatic hydroxyl groups excluding tert-OH is 2. The number of phenols is 2. The lowest BCUT2D eigenvalue weighted by Gasteiger charge is -2.48. The van der Waals surface area contributed by atoms with Crippen LogP contribution in [0.15, 0.2) is 198 Å². The number of carboxylic acid groups (broad SMARTS) is 2. The van der Waals surface area contributed by atoms with Crippen LogP contribution >= 0.6 is 0 Å². The van der Waals surface area contributed by atoms with Gasteiger partial charge in [-0.25, -0.2) is 14.3 Å². The zero-order valence-corrected chi connectivity index (χ0v) is 59.6. The molecular formula is C84H93N11O11. The molecule has 0 radical (unpaired) electrons. The number of nitrogens with one attached hydrogen (secondary N) is 5. The number of benzene rings is 8. The second kappa shape index (κ2) is 34.5. The zero-order chi connectivity index (χ0) is 73.6. The summed E-state index contributed by atoms with van der Waals surface area (Å²) in [5.41, 5.74) is 12.7. The normalized spacial score (nSPS) is 17.6. The fourth-order valence-electron chi connectivity index (χ4n) is 15.6. The predicted octanol–water partition coefficient (Wildman–Crippen LogP) is 12.9. The minimum absolute atomic E-state index is 0.0295. The van der Waals surface area contributed by atoms with Gasteiger partial charge in [0.05, 0.1) is 52.8 Å². The van der Waals surface area contributed by atoms with Crippen LogP contribution in [0, 0.1) is 5.92 Å². The van der Waals surface area contributed by atoms with Crippen molar-refractivity contribution in [3.63, 3.8) is 0 Å². The molecule has 1 aliphatic carbocycles. The topological polar surface area (TPSA) is 307 Å². The Morgan fingerprint density at radius 3 is 1.71 bits per heavy atom. The number of pyridine rings is 2. The maximum atomic E-state index is 12.9. The molecule has 6 heterocycles. The summed E-state index contributed by atoms with van der Waals surface area (Å²) in [6.45, 7) is 5.91. The van der Waals surface area contributed by atoms with Gasteiger partial charge in [-0.1, -0.05) is 120 Å². The third kappa shape index (κ3) is 17.6. The molecule has 0 spiro atoms. The number of phenolic OH excluding ortho intramolecular Hbond substituents is 2. The molecule has 3 atom stereocenters. The Morgan fingerprint density at radius 1 is 0.585 bits per heavy atom. The highest BCUT2D eigenvalue weighted by Gasteiger charge is 2.41. The second-order valence-electron chi connectivity index (χ2n) is 28.1. The number of fused-ring (bicyclic) bond motifs is 6. The van der Waals surface area contributed by atoms with Crippen LogP contribution in [-0.4, -0.2) is 144 Å². The number of H-pyrrole nitrogens is 2. The molecule has 22 heteroatoms.